The Kier molecular flexibility index (Phi) is 5.37. The summed E-state index contributed by atoms with van der Waals surface area (Å²) in [6.45, 7) is 0.730. The van der Waals surface area contributed by atoms with Gasteiger partial charge in [0.25, 0.3) is 0 Å². The van der Waals surface area contributed by atoms with Gasteiger partial charge in [0.15, 0.2) is 16.7 Å². The standard InChI is InChI=1S/C23H19N3O4S/c27-22(25-17-8-9-20-21(11-17)30-15-29-20)14-31-23-24-12-19(16-5-2-1-3-6-16)26(23)13-18-7-4-10-28-18/h1-12H,13-15H2,(H,25,27). The van der Waals surface area contributed by atoms with Crippen molar-refractivity contribution in [2.75, 3.05) is 17.9 Å². The Morgan fingerprint density at radius 1 is 1.06 bits per heavy atom. The van der Waals surface area contributed by atoms with Gasteiger partial charge in [-0.3, -0.25) is 4.79 Å². The molecule has 0 bridgehead atoms. The van der Waals surface area contributed by atoms with Crippen LogP contribution in [-0.2, 0) is 11.3 Å². The largest absolute Gasteiger partial charge is 0.467 e. The second-order valence-corrected chi connectivity index (χ2v) is 7.80. The monoisotopic (exact) mass is 433 g/mol. The molecule has 2 aromatic heterocycles. The topological polar surface area (TPSA) is 78.5 Å². The first-order chi connectivity index (χ1) is 15.3. The number of ether oxygens (including phenoxy) is 2. The van der Waals surface area contributed by atoms with E-state index >= 15 is 0 Å². The van der Waals surface area contributed by atoms with Crippen LogP contribution in [-0.4, -0.2) is 28.0 Å². The Morgan fingerprint density at radius 2 is 1.94 bits per heavy atom. The van der Waals surface area contributed by atoms with E-state index in [1.165, 1.54) is 11.8 Å². The molecule has 0 saturated carbocycles. The number of rotatable bonds is 7. The van der Waals surface area contributed by atoms with Crippen molar-refractivity contribution in [3.05, 3.63) is 78.9 Å². The molecule has 1 N–H and O–H groups in total. The molecule has 4 aromatic rings. The number of nitrogens with zero attached hydrogens (tertiary/aromatic N) is 2. The number of carbonyl (C=O) groups excluding carboxylic acids is 1. The lowest BCUT2D eigenvalue weighted by atomic mass is 10.2. The molecule has 0 aliphatic carbocycles. The molecule has 1 aliphatic heterocycles. The predicted octanol–water partition coefficient (Wildman–Crippen LogP) is 4.65. The summed E-state index contributed by atoms with van der Waals surface area (Å²) in [6.07, 6.45) is 3.48. The molecular formula is C23H19N3O4S. The van der Waals surface area contributed by atoms with Crippen molar-refractivity contribution in [3.63, 3.8) is 0 Å². The van der Waals surface area contributed by atoms with E-state index in [4.69, 9.17) is 13.9 Å². The lowest BCUT2D eigenvalue weighted by Gasteiger charge is -2.11. The Morgan fingerprint density at radius 3 is 2.77 bits per heavy atom. The molecule has 1 aliphatic rings. The third kappa shape index (κ3) is 4.29. The fraction of sp³-hybridized carbons (Fsp3) is 0.130. The molecule has 1 amide bonds. The summed E-state index contributed by atoms with van der Waals surface area (Å²) in [5.74, 6) is 2.23. The highest BCUT2D eigenvalue weighted by atomic mass is 32.2. The van der Waals surface area contributed by atoms with Crippen molar-refractivity contribution >= 4 is 23.4 Å². The first-order valence-corrected chi connectivity index (χ1v) is 10.7. The number of benzene rings is 2. The van der Waals surface area contributed by atoms with Crippen LogP contribution in [0.3, 0.4) is 0 Å². The lowest BCUT2D eigenvalue weighted by Crippen LogP contribution is -2.14. The molecule has 7 nitrogen and oxygen atoms in total. The summed E-state index contributed by atoms with van der Waals surface area (Å²) >= 11 is 1.38. The maximum Gasteiger partial charge on any atom is 0.234 e. The van der Waals surface area contributed by atoms with Gasteiger partial charge in [0.1, 0.15) is 5.76 Å². The smallest absolute Gasteiger partial charge is 0.234 e. The SMILES string of the molecule is O=C(CSc1ncc(-c2ccccc2)n1Cc1ccco1)Nc1ccc2c(c1)OCO2. The Balaban J connectivity index is 1.31. The van der Waals surface area contributed by atoms with Crippen LogP contribution in [0.2, 0.25) is 0 Å². The van der Waals surface area contributed by atoms with E-state index in [0.717, 1.165) is 22.2 Å². The number of imidazole rings is 1. The van der Waals surface area contributed by atoms with E-state index in [9.17, 15) is 4.79 Å². The highest BCUT2D eigenvalue weighted by Gasteiger charge is 2.17. The van der Waals surface area contributed by atoms with E-state index in [2.05, 4.69) is 14.9 Å². The molecule has 0 fully saturated rings. The molecule has 0 spiro atoms. The fourth-order valence-corrected chi connectivity index (χ4v) is 4.10. The van der Waals surface area contributed by atoms with Gasteiger partial charge >= 0.3 is 0 Å². The number of hydrogen-bond donors (Lipinski definition) is 1. The van der Waals surface area contributed by atoms with Gasteiger partial charge in [-0.15, -0.1) is 0 Å². The minimum absolute atomic E-state index is 0.127. The molecule has 0 radical (unpaired) electrons. The average molecular weight is 433 g/mol. The van der Waals surface area contributed by atoms with E-state index in [0.29, 0.717) is 23.7 Å². The molecule has 5 rings (SSSR count). The van der Waals surface area contributed by atoms with Gasteiger partial charge in [0, 0.05) is 11.8 Å². The molecule has 0 unspecified atom stereocenters. The van der Waals surface area contributed by atoms with Crippen LogP contribution in [0.25, 0.3) is 11.3 Å². The molecule has 0 saturated heterocycles. The lowest BCUT2D eigenvalue weighted by molar-refractivity contribution is -0.113. The highest BCUT2D eigenvalue weighted by molar-refractivity contribution is 7.99. The molecule has 0 atom stereocenters. The van der Waals surface area contributed by atoms with E-state index in [-0.39, 0.29) is 18.5 Å². The Hall–Kier alpha value is -3.65. The summed E-state index contributed by atoms with van der Waals surface area (Å²) in [5.41, 5.74) is 2.69. The molecule has 3 heterocycles. The van der Waals surface area contributed by atoms with Gasteiger partial charge in [-0.25, -0.2) is 4.98 Å². The zero-order valence-corrected chi connectivity index (χ0v) is 17.3. The van der Waals surface area contributed by atoms with Crippen LogP contribution in [0.1, 0.15) is 5.76 Å². The number of furan rings is 1. The average Bonchev–Trinajstić information content (AvgIpc) is 3.54. The summed E-state index contributed by atoms with van der Waals surface area (Å²) in [5, 5.41) is 3.64. The van der Waals surface area contributed by atoms with Crippen LogP contribution >= 0.6 is 11.8 Å². The van der Waals surface area contributed by atoms with Gasteiger partial charge in [-0.05, 0) is 29.8 Å². The Bertz CT molecular complexity index is 1190. The van der Waals surface area contributed by atoms with Crippen LogP contribution in [0, 0.1) is 0 Å². The molecular weight excluding hydrogens is 414 g/mol. The maximum absolute atomic E-state index is 12.5. The summed E-state index contributed by atoms with van der Waals surface area (Å²) < 4.78 is 18.3. The van der Waals surface area contributed by atoms with Gasteiger partial charge < -0.3 is 23.8 Å². The number of anilines is 1. The quantitative estimate of drug-likeness (QED) is 0.428. The predicted molar refractivity (Wildman–Crippen MR) is 117 cm³/mol. The number of aromatic nitrogens is 2. The first-order valence-electron chi connectivity index (χ1n) is 9.72. The van der Waals surface area contributed by atoms with Gasteiger partial charge in [-0.2, -0.15) is 0 Å². The van der Waals surface area contributed by atoms with Gasteiger partial charge in [-0.1, -0.05) is 42.1 Å². The van der Waals surface area contributed by atoms with Crippen molar-refractivity contribution in [2.24, 2.45) is 0 Å². The molecule has 31 heavy (non-hydrogen) atoms. The third-order valence-corrected chi connectivity index (χ3v) is 5.76. The molecule has 2 aromatic carbocycles. The number of carbonyl (C=O) groups is 1. The second-order valence-electron chi connectivity index (χ2n) is 6.86. The third-order valence-electron chi connectivity index (χ3n) is 4.77. The maximum atomic E-state index is 12.5. The van der Waals surface area contributed by atoms with E-state index in [1.807, 2.05) is 48.7 Å². The van der Waals surface area contributed by atoms with Gasteiger partial charge in [0.05, 0.1) is 30.5 Å². The summed E-state index contributed by atoms with van der Waals surface area (Å²) in [4.78, 5) is 17.1. The number of amides is 1. The normalized spacial score (nSPS) is 12.1. The second kappa shape index (κ2) is 8.61. The minimum atomic E-state index is -0.127. The summed E-state index contributed by atoms with van der Waals surface area (Å²) in [6, 6.07) is 19.2. The Labute approximate surface area is 183 Å². The zero-order chi connectivity index (χ0) is 21.0. The zero-order valence-electron chi connectivity index (χ0n) is 16.5. The van der Waals surface area contributed by atoms with Crippen molar-refractivity contribution < 1.29 is 18.7 Å². The minimum Gasteiger partial charge on any atom is -0.467 e. The van der Waals surface area contributed by atoms with Crippen LogP contribution in [0.15, 0.2) is 82.7 Å². The fourth-order valence-electron chi connectivity index (χ4n) is 3.33. The molecule has 156 valence electrons. The first kappa shape index (κ1) is 19.3. The van der Waals surface area contributed by atoms with E-state index in [1.54, 1.807) is 24.5 Å². The number of hydrogen-bond acceptors (Lipinski definition) is 6. The number of thioether (sulfide) groups is 1. The van der Waals surface area contributed by atoms with E-state index < -0.39 is 0 Å². The van der Waals surface area contributed by atoms with Crippen LogP contribution in [0.4, 0.5) is 5.69 Å². The summed E-state index contributed by atoms with van der Waals surface area (Å²) in [7, 11) is 0. The van der Waals surface area contributed by atoms with Crippen molar-refractivity contribution in [3.8, 4) is 22.8 Å². The van der Waals surface area contributed by atoms with Crippen molar-refractivity contribution in [1.29, 1.82) is 0 Å². The van der Waals surface area contributed by atoms with Crippen molar-refractivity contribution in [2.45, 2.75) is 11.7 Å². The van der Waals surface area contributed by atoms with Crippen LogP contribution < -0.4 is 14.8 Å². The number of fused-ring (bicyclic) bond motifs is 1. The van der Waals surface area contributed by atoms with Crippen LogP contribution in [0.5, 0.6) is 11.5 Å². The van der Waals surface area contributed by atoms with Gasteiger partial charge in [0.2, 0.25) is 12.7 Å². The van der Waals surface area contributed by atoms with Crippen molar-refractivity contribution in [1.82, 2.24) is 9.55 Å². The molecule has 8 heteroatoms. The highest BCUT2D eigenvalue weighted by Crippen LogP contribution is 2.34. The number of nitrogens with one attached hydrogen (secondary N) is 1.